The van der Waals surface area contributed by atoms with Crippen molar-refractivity contribution in [3.63, 3.8) is 0 Å². The second-order valence-electron chi connectivity index (χ2n) is 7.41. The second-order valence-corrected chi connectivity index (χ2v) is 7.41. The van der Waals surface area contributed by atoms with Crippen molar-refractivity contribution >= 4 is 5.52 Å². The molecule has 144 valence electrons. The van der Waals surface area contributed by atoms with Crippen LogP contribution in [0.2, 0.25) is 0 Å². The summed E-state index contributed by atoms with van der Waals surface area (Å²) in [6.45, 7) is 2.38. The van der Waals surface area contributed by atoms with Gasteiger partial charge in [-0.05, 0) is 41.8 Å². The minimum Gasteiger partial charge on any atom is -0.383 e. The molecule has 0 amide bonds. The van der Waals surface area contributed by atoms with Crippen LogP contribution >= 0.6 is 0 Å². The van der Waals surface area contributed by atoms with E-state index < -0.39 is 5.60 Å². The Bertz CT molecular complexity index is 1090. The number of tetrazole rings is 1. The van der Waals surface area contributed by atoms with E-state index in [0.29, 0.717) is 18.7 Å². The summed E-state index contributed by atoms with van der Waals surface area (Å²) in [5.41, 5.74) is 3.28. The van der Waals surface area contributed by atoms with Crippen molar-refractivity contribution in [3.8, 4) is 11.4 Å². The van der Waals surface area contributed by atoms with E-state index in [0.717, 1.165) is 42.0 Å². The molecule has 28 heavy (non-hydrogen) atoms. The molecule has 1 saturated heterocycles. The first kappa shape index (κ1) is 17.1. The maximum Gasteiger partial charge on any atom is 0.207 e. The summed E-state index contributed by atoms with van der Waals surface area (Å²) in [6, 6.07) is 7.99. The molecule has 1 fully saturated rings. The zero-order valence-electron chi connectivity index (χ0n) is 15.7. The summed E-state index contributed by atoms with van der Waals surface area (Å²) in [7, 11) is 1.88. The molecule has 5 heterocycles. The number of fused-ring (bicyclic) bond motifs is 1. The van der Waals surface area contributed by atoms with Gasteiger partial charge in [-0.1, -0.05) is 6.07 Å². The molecule has 4 aromatic heterocycles. The predicted octanol–water partition coefficient (Wildman–Crippen LogP) is 1.34. The minimum atomic E-state index is -0.816. The highest BCUT2D eigenvalue weighted by Crippen LogP contribution is 2.34. The maximum atomic E-state index is 11.1. The molecule has 0 spiro atoms. The Morgan fingerprint density at radius 2 is 2.07 bits per heavy atom. The normalized spacial score (nSPS) is 17.4. The molecule has 0 aromatic carbocycles. The van der Waals surface area contributed by atoms with Crippen LogP contribution in [-0.4, -0.2) is 57.9 Å². The third-order valence-corrected chi connectivity index (χ3v) is 5.71. The molecule has 4 aromatic rings. The van der Waals surface area contributed by atoms with E-state index in [2.05, 4.69) is 47.3 Å². The van der Waals surface area contributed by atoms with Gasteiger partial charge in [0.25, 0.3) is 0 Å². The monoisotopic (exact) mass is 378 g/mol. The first-order chi connectivity index (χ1) is 13.6. The summed E-state index contributed by atoms with van der Waals surface area (Å²) in [6.07, 6.45) is 7.25. The summed E-state index contributed by atoms with van der Waals surface area (Å²) in [5.74, 6) is 0.604. The van der Waals surface area contributed by atoms with Crippen molar-refractivity contribution in [3.05, 3.63) is 54.1 Å². The SMILES string of the molecule is Cn1nccc1C1(O)CCN(Cc2cn3ccccc3c2-c2nn[nH]n2)CC1. The lowest BCUT2D eigenvalue weighted by Gasteiger charge is -2.38. The van der Waals surface area contributed by atoms with Crippen molar-refractivity contribution in [2.75, 3.05) is 13.1 Å². The number of aromatic amines is 1. The number of hydrogen-bond donors (Lipinski definition) is 2. The van der Waals surface area contributed by atoms with Gasteiger partial charge < -0.3 is 9.51 Å². The highest BCUT2D eigenvalue weighted by molar-refractivity contribution is 5.80. The lowest BCUT2D eigenvalue weighted by Crippen LogP contribution is -2.43. The van der Waals surface area contributed by atoms with Crippen LogP contribution in [0.5, 0.6) is 0 Å². The van der Waals surface area contributed by atoms with Crippen molar-refractivity contribution in [1.82, 2.24) is 39.7 Å². The number of aromatic nitrogens is 7. The molecule has 9 nitrogen and oxygen atoms in total. The number of pyridine rings is 1. The molecule has 1 aliphatic heterocycles. The highest BCUT2D eigenvalue weighted by atomic mass is 16.3. The molecule has 0 atom stereocenters. The van der Waals surface area contributed by atoms with Crippen LogP contribution in [0.1, 0.15) is 24.1 Å². The molecular weight excluding hydrogens is 356 g/mol. The van der Waals surface area contributed by atoms with Crippen LogP contribution in [0.3, 0.4) is 0 Å². The Kier molecular flexibility index (Phi) is 3.99. The van der Waals surface area contributed by atoms with E-state index in [4.69, 9.17) is 0 Å². The van der Waals surface area contributed by atoms with Gasteiger partial charge in [0.1, 0.15) is 5.60 Å². The third-order valence-electron chi connectivity index (χ3n) is 5.71. The van der Waals surface area contributed by atoms with Gasteiger partial charge in [0.15, 0.2) is 0 Å². The first-order valence-corrected chi connectivity index (χ1v) is 9.40. The smallest absolute Gasteiger partial charge is 0.207 e. The van der Waals surface area contributed by atoms with Gasteiger partial charge in [0.05, 0.1) is 16.8 Å². The average Bonchev–Trinajstić information content (AvgIpc) is 3.43. The summed E-state index contributed by atoms with van der Waals surface area (Å²) in [5, 5.41) is 30.0. The van der Waals surface area contributed by atoms with E-state index in [1.165, 1.54) is 0 Å². The van der Waals surface area contributed by atoms with Crippen LogP contribution in [0.25, 0.3) is 16.9 Å². The first-order valence-electron chi connectivity index (χ1n) is 9.40. The fourth-order valence-electron chi connectivity index (χ4n) is 4.23. The maximum absolute atomic E-state index is 11.1. The summed E-state index contributed by atoms with van der Waals surface area (Å²) >= 11 is 0. The molecule has 5 rings (SSSR count). The van der Waals surface area contributed by atoms with E-state index in [1.54, 1.807) is 10.9 Å². The van der Waals surface area contributed by atoms with Crippen LogP contribution in [-0.2, 0) is 19.2 Å². The molecule has 1 aliphatic rings. The Balaban J connectivity index is 1.40. The second kappa shape index (κ2) is 6.54. The van der Waals surface area contributed by atoms with E-state index in [9.17, 15) is 5.11 Å². The Morgan fingerprint density at radius 1 is 1.21 bits per heavy atom. The minimum absolute atomic E-state index is 0.604. The Hall–Kier alpha value is -3.04. The number of aryl methyl sites for hydroxylation is 1. The van der Waals surface area contributed by atoms with E-state index in [-0.39, 0.29) is 0 Å². The van der Waals surface area contributed by atoms with Gasteiger partial charge in [-0.15, -0.1) is 10.2 Å². The largest absolute Gasteiger partial charge is 0.383 e. The van der Waals surface area contributed by atoms with Crippen molar-refractivity contribution in [1.29, 1.82) is 0 Å². The average molecular weight is 378 g/mol. The molecule has 0 bridgehead atoms. The predicted molar refractivity (Wildman–Crippen MR) is 102 cm³/mol. The molecule has 0 radical (unpaired) electrons. The summed E-state index contributed by atoms with van der Waals surface area (Å²) in [4.78, 5) is 2.36. The van der Waals surface area contributed by atoms with Gasteiger partial charge >= 0.3 is 0 Å². The van der Waals surface area contributed by atoms with Gasteiger partial charge in [-0.2, -0.15) is 10.3 Å². The number of H-pyrrole nitrogens is 1. The van der Waals surface area contributed by atoms with Crippen LogP contribution < -0.4 is 0 Å². The molecule has 0 unspecified atom stereocenters. The number of rotatable bonds is 4. The zero-order valence-corrected chi connectivity index (χ0v) is 15.7. The van der Waals surface area contributed by atoms with Crippen molar-refractivity contribution in [2.45, 2.75) is 25.0 Å². The zero-order chi connectivity index (χ0) is 19.1. The van der Waals surface area contributed by atoms with Crippen LogP contribution in [0.15, 0.2) is 42.9 Å². The quantitative estimate of drug-likeness (QED) is 0.556. The molecule has 0 saturated carbocycles. The van der Waals surface area contributed by atoms with Gasteiger partial charge in [0, 0.05) is 45.3 Å². The lowest BCUT2D eigenvalue weighted by molar-refractivity contribution is -0.0337. The van der Waals surface area contributed by atoms with E-state index in [1.807, 2.05) is 31.4 Å². The number of likely N-dealkylation sites (tertiary alicyclic amines) is 1. The number of aliphatic hydroxyl groups is 1. The molecular formula is C19H22N8O. The highest BCUT2D eigenvalue weighted by Gasteiger charge is 2.36. The molecule has 0 aliphatic carbocycles. The fraction of sp³-hybridized carbons (Fsp3) is 0.368. The molecule has 2 N–H and O–H groups in total. The fourth-order valence-corrected chi connectivity index (χ4v) is 4.23. The van der Waals surface area contributed by atoms with Gasteiger partial charge in [0.2, 0.25) is 5.82 Å². The van der Waals surface area contributed by atoms with E-state index >= 15 is 0 Å². The third kappa shape index (κ3) is 2.79. The number of hydrogen-bond acceptors (Lipinski definition) is 6. The lowest BCUT2D eigenvalue weighted by atomic mass is 9.88. The van der Waals surface area contributed by atoms with Crippen LogP contribution in [0.4, 0.5) is 0 Å². The van der Waals surface area contributed by atoms with Crippen molar-refractivity contribution in [2.24, 2.45) is 7.05 Å². The molecule has 9 heteroatoms. The Labute approximate surface area is 161 Å². The standard InChI is InChI=1S/C19H22N8O/c1-25-16(5-8-20-25)19(28)6-10-26(11-7-19)12-14-13-27-9-3-2-4-15(27)17(14)18-21-23-24-22-18/h2-5,8-9,13,28H,6-7,10-12H2,1H3,(H,21,22,23,24). The van der Waals surface area contributed by atoms with Gasteiger partial charge in [-0.3, -0.25) is 9.58 Å². The summed E-state index contributed by atoms with van der Waals surface area (Å²) < 4.78 is 3.86. The Morgan fingerprint density at radius 3 is 2.79 bits per heavy atom. The number of nitrogens with zero attached hydrogens (tertiary/aromatic N) is 7. The van der Waals surface area contributed by atoms with Gasteiger partial charge in [-0.25, -0.2) is 0 Å². The topological polar surface area (TPSA) is 100 Å². The van der Waals surface area contributed by atoms with Crippen molar-refractivity contribution < 1.29 is 5.11 Å². The number of nitrogens with one attached hydrogen (secondary N) is 1. The van der Waals surface area contributed by atoms with Crippen LogP contribution in [0, 0.1) is 0 Å². The number of piperidine rings is 1.